The van der Waals surface area contributed by atoms with Crippen LogP contribution in [0.2, 0.25) is 0 Å². The van der Waals surface area contributed by atoms with E-state index in [9.17, 15) is 8.42 Å². The zero-order valence-electron chi connectivity index (χ0n) is 18.9. The van der Waals surface area contributed by atoms with Gasteiger partial charge in [-0.15, -0.1) is 0 Å². The van der Waals surface area contributed by atoms with Crippen LogP contribution in [0.5, 0.6) is 0 Å². The van der Waals surface area contributed by atoms with E-state index in [1.165, 1.54) is 70.7 Å². The van der Waals surface area contributed by atoms with Crippen LogP contribution in [0.15, 0.2) is 11.4 Å². The third-order valence-corrected chi connectivity index (χ3v) is 7.58. The summed E-state index contributed by atoms with van der Waals surface area (Å²) in [6, 6.07) is 0. The van der Waals surface area contributed by atoms with Gasteiger partial charge in [0.1, 0.15) is 0 Å². The van der Waals surface area contributed by atoms with E-state index in [4.69, 9.17) is 0 Å². The summed E-state index contributed by atoms with van der Waals surface area (Å²) in [6.07, 6.45) is 13.6. The highest BCUT2D eigenvalue weighted by Gasteiger charge is 2.39. The van der Waals surface area contributed by atoms with Gasteiger partial charge in [-0.05, 0) is 51.7 Å². The largest absolute Gasteiger partial charge is 0.317 e. The highest BCUT2D eigenvalue weighted by atomic mass is 32.2. The van der Waals surface area contributed by atoms with E-state index in [1.807, 2.05) is 4.57 Å². The fourth-order valence-corrected chi connectivity index (χ4v) is 6.20. The minimum Gasteiger partial charge on any atom is -0.317 e. The molecule has 7 heteroatoms. The van der Waals surface area contributed by atoms with Crippen LogP contribution in [-0.4, -0.2) is 66.2 Å². The summed E-state index contributed by atoms with van der Waals surface area (Å²) in [7, 11) is -1.14. The van der Waals surface area contributed by atoms with Crippen LogP contribution < -0.4 is 0 Å². The van der Waals surface area contributed by atoms with E-state index in [0.29, 0.717) is 12.5 Å². The first kappa shape index (κ1) is 22.8. The molecule has 1 aromatic rings. The lowest BCUT2D eigenvalue weighted by molar-refractivity contribution is 0.00741. The number of hydrogen-bond donors (Lipinski definition) is 0. The van der Waals surface area contributed by atoms with Crippen molar-refractivity contribution in [3.8, 4) is 0 Å². The van der Waals surface area contributed by atoms with E-state index in [-0.39, 0.29) is 10.7 Å². The number of piperidine rings is 1. The monoisotopic (exact) mass is 424 g/mol. The van der Waals surface area contributed by atoms with Crippen LogP contribution in [0.1, 0.15) is 70.9 Å². The van der Waals surface area contributed by atoms with Gasteiger partial charge in [0.2, 0.25) is 15.0 Å². The zero-order chi connectivity index (χ0) is 21.1. The highest BCUT2D eigenvalue weighted by molar-refractivity contribution is 7.90. The molecule has 0 amide bonds. The van der Waals surface area contributed by atoms with E-state index < -0.39 is 9.84 Å². The average molecular weight is 425 g/mol. The van der Waals surface area contributed by atoms with Crippen LogP contribution in [0, 0.1) is 5.92 Å². The van der Waals surface area contributed by atoms with Crippen LogP contribution >= 0.6 is 0 Å². The molecule has 2 heterocycles. The molecule has 29 heavy (non-hydrogen) atoms. The number of hydrogen-bond acceptors (Lipinski definition) is 5. The normalized spacial score (nSPS) is 21.2. The first-order valence-electron chi connectivity index (χ1n) is 11.4. The van der Waals surface area contributed by atoms with E-state index in [1.54, 1.807) is 6.20 Å². The van der Waals surface area contributed by atoms with Gasteiger partial charge in [-0.25, -0.2) is 13.4 Å². The van der Waals surface area contributed by atoms with Crippen LogP contribution in [0.4, 0.5) is 0 Å². The summed E-state index contributed by atoms with van der Waals surface area (Å²) in [6.45, 7) is 9.18. The van der Waals surface area contributed by atoms with E-state index in [2.05, 4.69) is 35.7 Å². The lowest BCUT2D eigenvalue weighted by atomic mass is 9.78. The Labute approximate surface area is 177 Å². The summed E-state index contributed by atoms with van der Waals surface area (Å²) in [5.74, 6) is 0.367. The minimum atomic E-state index is -3.33. The van der Waals surface area contributed by atoms with Crippen molar-refractivity contribution in [2.45, 2.75) is 89.0 Å². The Morgan fingerprint density at radius 3 is 2.31 bits per heavy atom. The second kappa shape index (κ2) is 9.48. The second-order valence-corrected chi connectivity index (χ2v) is 11.7. The number of imidazole rings is 1. The summed E-state index contributed by atoms with van der Waals surface area (Å²) in [4.78, 5) is 9.47. The molecule has 1 aliphatic heterocycles. The van der Waals surface area contributed by atoms with Crippen LogP contribution in [0.3, 0.4) is 0 Å². The molecule has 0 unspecified atom stereocenters. The van der Waals surface area contributed by atoms with Gasteiger partial charge < -0.3 is 4.57 Å². The maximum absolute atomic E-state index is 12.2. The molecule has 0 bridgehead atoms. The van der Waals surface area contributed by atoms with Crippen LogP contribution in [-0.2, 0) is 22.9 Å². The lowest BCUT2D eigenvalue weighted by Crippen LogP contribution is -2.57. The van der Waals surface area contributed by atoms with Crippen molar-refractivity contribution >= 4 is 9.84 Å². The Balaban J connectivity index is 1.78. The topological polar surface area (TPSA) is 58.4 Å². The molecule has 0 N–H and O–H groups in total. The molecule has 1 saturated heterocycles. The molecular formula is C22H40N4O2S. The number of likely N-dealkylation sites (N-methyl/N-ethyl adjacent to an activating group) is 1. The Bertz CT molecular complexity index is 760. The molecule has 0 radical (unpaired) electrons. The first-order chi connectivity index (χ1) is 13.7. The molecule has 1 aliphatic carbocycles. The van der Waals surface area contributed by atoms with Gasteiger partial charge >= 0.3 is 0 Å². The van der Waals surface area contributed by atoms with Gasteiger partial charge in [0.15, 0.2) is 0 Å². The molecule has 2 fully saturated rings. The zero-order valence-corrected chi connectivity index (χ0v) is 19.7. The van der Waals surface area contributed by atoms with Crippen molar-refractivity contribution in [1.82, 2.24) is 19.4 Å². The molecule has 3 rings (SSSR count). The van der Waals surface area contributed by atoms with E-state index >= 15 is 0 Å². The Morgan fingerprint density at radius 2 is 1.72 bits per heavy atom. The van der Waals surface area contributed by atoms with Crippen molar-refractivity contribution in [2.24, 2.45) is 5.92 Å². The quantitative estimate of drug-likeness (QED) is 0.639. The fourth-order valence-electron chi connectivity index (χ4n) is 5.36. The molecule has 1 aromatic heterocycles. The van der Waals surface area contributed by atoms with Gasteiger partial charge in [-0.1, -0.05) is 39.5 Å². The predicted molar refractivity (Wildman–Crippen MR) is 118 cm³/mol. The molecule has 2 aliphatic rings. The number of nitrogens with zero attached hydrogens (tertiary/aromatic N) is 4. The standard InChI is InChI=1S/C22H40N4O2S/c1-19(2)16-26-20(15-23-21(26)29(4,27)28)17-24(3)18-22(11-7-5-8-12-22)25-13-9-6-10-14-25/h15,19H,5-14,16-18H2,1-4H3. The lowest BCUT2D eigenvalue weighted by Gasteiger charge is -2.50. The van der Waals surface area contributed by atoms with Gasteiger partial charge in [0, 0.05) is 31.4 Å². The molecule has 1 saturated carbocycles. The SMILES string of the molecule is CC(C)Cn1c(CN(C)CC2(N3CCCCC3)CCCCC2)cnc1S(C)(=O)=O. The van der Waals surface area contributed by atoms with E-state index in [0.717, 1.165) is 18.8 Å². The molecular weight excluding hydrogens is 384 g/mol. The fraction of sp³-hybridized carbons (Fsp3) is 0.864. The van der Waals surface area contributed by atoms with Crippen LogP contribution in [0.25, 0.3) is 0 Å². The summed E-state index contributed by atoms with van der Waals surface area (Å²) >= 11 is 0. The summed E-state index contributed by atoms with van der Waals surface area (Å²) in [5.41, 5.74) is 1.29. The maximum atomic E-state index is 12.2. The van der Waals surface area contributed by atoms with Crippen molar-refractivity contribution in [3.05, 3.63) is 11.9 Å². The first-order valence-corrected chi connectivity index (χ1v) is 13.3. The summed E-state index contributed by atoms with van der Waals surface area (Å²) < 4.78 is 26.3. The van der Waals surface area contributed by atoms with Gasteiger partial charge in [-0.3, -0.25) is 9.80 Å². The van der Waals surface area contributed by atoms with Gasteiger partial charge in [0.25, 0.3) is 0 Å². The smallest absolute Gasteiger partial charge is 0.227 e. The Morgan fingerprint density at radius 1 is 1.10 bits per heavy atom. The third-order valence-electron chi connectivity index (χ3n) is 6.59. The summed E-state index contributed by atoms with van der Waals surface area (Å²) in [5, 5.41) is 0.206. The molecule has 0 spiro atoms. The van der Waals surface area contributed by atoms with Crippen molar-refractivity contribution in [3.63, 3.8) is 0 Å². The van der Waals surface area contributed by atoms with Crippen molar-refractivity contribution < 1.29 is 8.42 Å². The molecule has 6 nitrogen and oxygen atoms in total. The molecule has 0 aromatic carbocycles. The number of aromatic nitrogens is 2. The number of sulfone groups is 1. The number of rotatable bonds is 8. The molecule has 0 atom stereocenters. The average Bonchev–Trinajstić information content (AvgIpc) is 3.05. The Hall–Kier alpha value is -0.920. The third kappa shape index (κ3) is 5.61. The maximum Gasteiger partial charge on any atom is 0.227 e. The van der Waals surface area contributed by atoms with Crippen molar-refractivity contribution in [2.75, 3.05) is 32.9 Å². The number of likely N-dealkylation sites (tertiary alicyclic amines) is 1. The molecule has 166 valence electrons. The predicted octanol–water partition coefficient (Wildman–Crippen LogP) is 3.56. The second-order valence-electron chi connectivity index (χ2n) is 9.81. The Kier molecular flexibility index (Phi) is 7.44. The minimum absolute atomic E-state index is 0.206. The van der Waals surface area contributed by atoms with Gasteiger partial charge in [-0.2, -0.15) is 0 Å². The van der Waals surface area contributed by atoms with Gasteiger partial charge in [0.05, 0.1) is 11.9 Å². The van der Waals surface area contributed by atoms with Crippen molar-refractivity contribution in [1.29, 1.82) is 0 Å². The highest BCUT2D eigenvalue weighted by Crippen LogP contribution is 2.36.